The van der Waals surface area contributed by atoms with Crippen LogP contribution in [0.15, 0.2) is 48.5 Å². The number of hydrogen-bond donors (Lipinski definition) is 3. The summed E-state index contributed by atoms with van der Waals surface area (Å²) in [6.07, 6.45) is 0. The van der Waals surface area contributed by atoms with Crippen molar-refractivity contribution in [3.05, 3.63) is 59.7 Å². The zero-order valence-corrected chi connectivity index (χ0v) is 12.1. The predicted octanol–water partition coefficient (Wildman–Crippen LogP) is 2.95. The predicted molar refractivity (Wildman–Crippen MR) is 86.1 cm³/mol. The van der Waals surface area contributed by atoms with Gasteiger partial charge in [0.1, 0.15) is 5.84 Å². The van der Waals surface area contributed by atoms with Gasteiger partial charge in [-0.1, -0.05) is 12.1 Å². The van der Waals surface area contributed by atoms with E-state index in [0.29, 0.717) is 5.56 Å². The van der Waals surface area contributed by atoms with Crippen molar-refractivity contribution in [1.82, 2.24) is 0 Å². The van der Waals surface area contributed by atoms with Gasteiger partial charge in [-0.3, -0.25) is 10.3 Å². The summed E-state index contributed by atoms with van der Waals surface area (Å²) in [6, 6.07) is 14.3. The minimum atomic E-state index is -0.226. The van der Waals surface area contributed by atoms with Crippen LogP contribution in [0, 0.1) is 12.3 Å². The number of carbonyl (C=O) groups excluding carboxylic acids is 1. The molecule has 0 bridgehead atoms. The van der Waals surface area contributed by atoms with Crippen LogP contribution < -0.4 is 16.0 Å². The summed E-state index contributed by atoms with van der Waals surface area (Å²) in [5.74, 6) is 0.00779. The number of carbonyl (C=O) groups is 1. The molecule has 21 heavy (non-hydrogen) atoms. The normalized spacial score (nSPS) is 10.0. The van der Waals surface area contributed by atoms with Crippen LogP contribution in [-0.2, 0) is 0 Å². The van der Waals surface area contributed by atoms with E-state index in [0.717, 1.165) is 16.9 Å². The number of anilines is 2. The Balaban J connectivity index is 2.10. The Morgan fingerprint density at radius 2 is 1.86 bits per heavy atom. The molecular weight excluding hydrogens is 264 g/mol. The van der Waals surface area contributed by atoms with Crippen LogP contribution in [0.1, 0.15) is 11.1 Å². The Hall–Kier alpha value is -2.82. The highest BCUT2D eigenvalue weighted by Gasteiger charge is 2.11. The maximum Gasteiger partial charge on any atom is 0.326 e. The fourth-order valence-corrected chi connectivity index (χ4v) is 1.91. The second kappa shape index (κ2) is 6.09. The van der Waals surface area contributed by atoms with E-state index < -0.39 is 0 Å². The van der Waals surface area contributed by atoms with Gasteiger partial charge in [0.05, 0.1) is 0 Å². The molecule has 5 nitrogen and oxygen atoms in total. The smallest absolute Gasteiger partial charge is 0.326 e. The molecular formula is C16H18N4O. The van der Waals surface area contributed by atoms with Gasteiger partial charge in [0.25, 0.3) is 0 Å². The highest BCUT2D eigenvalue weighted by Crippen LogP contribution is 2.16. The molecule has 4 N–H and O–H groups in total. The van der Waals surface area contributed by atoms with Crippen molar-refractivity contribution in [2.24, 2.45) is 5.73 Å². The molecule has 2 amide bonds. The van der Waals surface area contributed by atoms with Gasteiger partial charge >= 0.3 is 6.03 Å². The monoisotopic (exact) mass is 282 g/mol. The first kappa shape index (κ1) is 14.6. The highest BCUT2D eigenvalue weighted by molar-refractivity contribution is 6.02. The summed E-state index contributed by atoms with van der Waals surface area (Å²) in [7, 11) is 1.69. The van der Waals surface area contributed by atoms with Crippen LogP contribution >= 0.6 is 0 Å². The molecule has 0 spiro atoms. The summed E-state index contributed by atoms with van der Waals surface area (Å²) < 4.78 is 0. The summed E-state index contributed by atoms with van der Waals surface area (Å²) in [6.45, 7) is 1.97. The Kier molecular flexibility index (Phi) is 4.23. The number of urea groups is 1. The van der Waals surface area contributed by atoms with Gasteiger partial charge < -0.3 is 11.1 Å². The van der Waals surface area contributed by atoms with Crippen LogP contribution in [-0.4, -0.2) is 18.9 Å². The minimum Gasteiger partial charge on any atom is -0.384 e. The average molecular weight is 282 g/mol. The summed E-state index contributed by atoms with van der Waals surface area (Å²) >= 11 is 0. The zero-order valence-electron chi connectivity index (χ0n) is 12.1. The second-order valence-corrected chi connectivity index (χ2v) is 4.82. The van der Waals surface area contributed by atoms with Crippen molar-refractivity contribution in [1.29, 1.82) is 5.41 Å². The van der Waals surface area contributed by atoms with Crippen molar-refractivity contribution in [2.45, 2.75) is 6.92 Å². The third-order valence-electron chi connectivity index (χ3n) is 3.14. The molecule has 0 saturated carbocycles. The standard InChI is InChI=1S/C16H18N4O/c1-11-4-3-5-13(10-11)19-16(21)20(2)14-8-6-12(7-9-14)15(17)18/h3-10H,1-2H3,(H3,17,18)(H,19,21). The van der Waals surface area contributed by atoms with Crippen molar-refractivity contribution < 1.29 is 4.79 Å². The SMILES string of the molecule is Cc1cccc(NC(=O)N(C)c2ccc(C(=N)N)cc2)c1. The first-order chi connectivity index (χ1) is 9.97. The molecule has 5 heteroatoms. The van der Waals surface area contributed by atoms with Crippen LogP contribution in [0.4, 0.5) is 16.2 Å². The summed E-state index contributed by atoms with van der Waals surface area (Å²) in [4.78, 5) is 13.7. The summed E-state index contributed by atoms with van der Waals surface area (Å²) in [5, 5.41) is 10.2. The average Bonchev–Trinajstić information content (AvgIpc) is 2.46. The van der Waals surface area contributed by atoms with Gasteiger partial charge in [-0.2, -0.15) is 0 Å². The Morgan fingerprint density at radius 1 is 1.19 bits per heavy atom. The molecule has 0 unspecified atom stereocenters. The van der Waals surface area contributed by atoms with Gasteiger partial charge in [0, 0.05) is 24.0 Å². The zero-order chi connectivity index (χ0) is 15.4. The number of hydrogen-bond acceptors (Lipinski definition) is 2. The molecule has 0 radical (unpaired) electrons. The van der Waals surface area contributed by atoms with Crippen LogP contribution in [0.5, 0.6) is 0 Å². The molecule has 0 aromatic heterocycles. The van der Waals surface area contributed by atoms with E-state index in [1.165, 1.54) is 4.90 Å². The number of nitrogens with two attached hydrogens (primary N) is 1. The fourth-order valence-electron chi connectivity index (χ4n) is 1.91. The molecule has 0 fully saturated rings. The maximum absolute atomic E-state index is 12.2. The molecule has 2 aromatic rings. The number of benzene rings is 2. The van der Waals surface area contributed by atoms with E-state index in [2.05, 4.69) is 5.32 Å². The molecule has 0 aliphatic carbocycles. The van der Waals surface area contributed by atoms with Crippen molar-refractivity contribution in [3.63, 3.8) is 0 Å². The number of nitrogen functional groups attached to an aromatic ring is 1. The molecule has 0 heterocycles. The van der Waals surface area contributed by atoms with E-state index in [1.807, 2.05) is 31.2 Å². The second-order valence-electron chi connectivity index (χ2n) is 4.82. The van der Waals surface area contributed by atoms with Gasteiger partial charge in [-0.25, -0.2) is 4.79 Å². The fraction of sp³-hybridized carbons (Fsp3) is 0.125. The third-order valence-corrected chi connectivity index (χ3v) is 3.14. The number of amides is 2. The number of nitrogens with one attached hydrogen (secondary N) is 2. The van der Waals surface area contributed by atoms with Gasteiger partial charge in [-0.15, -0.1) is 0 Å². The van der Waals surface area contributed by atoms with Crippen molar-refractivity contribution >= 4 is 23.2 Å². The highest BCUT2D eigenvalue weighted by atomic mass is 16.2. The quantitative estimate of drug-likeness (QED) is 0.597. The maximum atomic E-state index is 12.2. The molecule has 0 saturated heterocycles. The lowest BCUT2D eigenvalue weighted by Crippen LogP contribution is -2.31. The Labute approximate surface area is 123 Å². The molecule has 0 aliphatic rings. The van der Waals surface area contributed by atoms with Gasteiger partial charge in [0.15, 0.2) is 0 Å². The topological polar surface area (TPSA) is 82.2 Å². The van der Waals surface area contributed by atoms with Crippen molar-refractivity contribution in [3.8, 4) is 0 Å². The van der Waals surface area contributed by atoms with E-state index >= 15 is 0 Å². The van der Waals surface area contributed by atoms with Crippen molar-refractivity contribution in [2.75, 3.05) is 17.3 Å². The number of aryl methyl sites for hydroxylation is 1. The molecule has 0 atom stereocenters. The summed E-state index contributed by atoms with van der Waals surface area (Å²) in [5.41, 5.74) is 8.61. The lowest BCUT2D eigenvalue weighted by Gasteiger charge is -2.18. The number of nitrogens with zero attached hydrogens (tertiary/aromatic N) is 1. The van der Waals surface area contributed by atoms with E-state index in [9.17, 15) is 4.79 Å². The van der Waals surface area contributed by atoms with E-state index in [-0.39, 0.29) is 11.9 Å². The molecule has 2 aromatic carbocycles. The van der Waals surface area contributed by atoms with Crippen LogP contribution in [0.3, 0.4) is 0 Å². The molecule has 2 rings (SSSR count). The first-order valence-corrected chi connectivity index (χ1v) is 6.53. The Morgan fingerprint density at radius 3 is 2.43 bits per heavy atom. The molecule has 0 aliphatic heterocycles. The molecule has 108 valence electrons. The minimum absolute atomic E-state index is 0.00779. The number of rotatable bonds is 3. The Bertz CT molecular complexity index is 664. The number of amidine groups is 1. The lowest BCUT2D eigenvalue weighted by atomic mass is 10.2. The van der Waals surface area contributed by atoms with Crippen LogP contribution in [0.25, 0.3) is 0 Å². The van der Waals surface area contributed by atoms with Gasteiger partial charge in [0.2, 0.25) is 0 Å². The largest absolute Gasteiger partial charge is 0.384 e. The first-order valence-electron chi connectivity index (χ1n) is 6.53. The van der Waals surface area contributed by atoms with E-state index in [1.54, 1.807) is 31.3 Å². The van der Waals surface area contributed by atoms with Gasteiger partial charge in [-0.05, 0) is 48.9 Å². The van der Waals surface area contributed by atoms with Crippen LogP contribution in [0.2, 0.25) is 0 Å². The third kappa shape index (κ3) is 3.60. The lowest BCUT2D eigenvalue weighted by molar-refractivity contribution is 0.258. The van der Waals surface area contributed by atoms with E-state index in [4.69, 9.17) is 11.1 Å².